The summed E-state index contributed by atoms with van der Waals surface area (Å²) in [5, 5.41) is 11.7. The maximum absolute atomic E-state index is 12.8. The van der Waals surface area contributed by atoms with Crippen LogP contribution >= 0.6 is 23.1 Å². The van der Waals surface area contributed by atoms with Crippen LogP contribution in [0.3, 0.4) is 0 Å². The van der Waals surface area contributed by atoms with Gasteiger partial charge in [0.2, 0.25) is 5.91 Å². The molecule has 3 aromatic rings. The molecule has 1 amide bonds. The van der Waals surface area contributed by atoms with Crippen LogP contribution in [0.1, 0.15) is 24.4 Å². The molecule has 1 aliphatic heterocycles. The van der Waals surface area contributed by atoms with Gasteiger partial charge in [0.1, 0.15) is 0 Å². The fraction of sp³-hybridized carbons (Fsp3) is 0.316. The smallest absolute Gasteiger partial charge is 0.237 e. The van der Waals surface area contributed by atoms with Crippen molar-refractivity contribution in [3.05, 3.63) is 47.3 Å². The standard InChI is InChI=1S/C19H18N4OS2/c24-17(22-10-9-13-4-1-2-5-15(13)22)12-26-19-21-20-18(16-6-3-11-25-16)23(19)14-7-8-14/h1-6,11,14H,7-10,12H2. The van der Waals surface area contributed by atoms with Crippen LogP contribution in [-0.4, -0.2) is 33.0 Å². The van der Waals surface area contributed by atoms with Gasteiger partial charge in [-0.05, 0) is 42.3 Å². The van der Waals surface area contributed by atoms with Crippen LogP contribution in [0.5, 0.6) is 0 Å². The summed E-state index contributed by atoms with van der Waals surface area (Å²) in [4.78, 5) is 15.8. The van der Waals surface area contributed by atoms with Crippen molar-refractivity contribution in [1.82, 2.24) is 14.8 Å². The van der Waals surface area contributed by atoms with Crippen LogP contribution in [0.15, 0.2) is 46.9 Å². The normalized spacial score (nSPS) is 16.1. The summed E-state index contributed by atoms with van der Waals surface area (Å²) in [6.45, 7) is 0.772. The van der Waals surface area contributed by atoms with E-state index >= 15 is 0 Å². The Morgan fingerprint density at radius 3 is 2.88 bits per heavy atom. The van der Waals surface area contributed by atoms with E-state index in [4.69, 9.17) is 0 Å². The molecule has 1 aromatic carbocycles. The number of carbonyl (C=O) groups excluding carboxylic acids is 1. The molecule has 3 heterocycles. The van der Waals surface area contributed by atoms with Gasteiger partial charge in [-0.25, -0.2) is 0 Å². The van der Waals surface area contributed by atoms with Crippen molar-refractivity contribution in [2.24, 2.45) is 0 Å². The highest BCUT2D eigenvalue weighted by Gasteiger charge is 2.31. The molecule has 0 unspecified atom stereocenters. The molecule has 0 saturated heterocycles. The van der Waals surface area contributed by atoms with Gasteiger partial charge >= 0.3 is 0 Å². The first-order valence-corrected chi connectivity index (χ1v) is 10.7. The minimum atomic E-state index is 0.142. The number of hydrogen-bond donors (Lipinski definition) is 0. The molecule has 1 saturated carbocycles. The molecule has 0 atom stereocenters. The quantitative estimate of drug-likeness (QED) is 0.626. The van der Waals surface area contributed by atoms with Gasteiger partial charge in [0.25, 0.3) is 0 Å². The first kappa shape index (κ1) is 16.1. The molecule has 2 aromatic heterocycles. The van der Waals surface area contributed by atoms with Gasteiger partial charge in [-0.1, -0.05) is 36.0 Å². The summed E-state index contributed by atoms with van der Waals surface area (Å²) in [7, 11) is 0. The van der Waals surface area contributed by atoms with Crippen molar-refractivity contribution in [3.63, 3.8) is 0 Å². The average Bonchev–Trinajstić information content (AvgIpc) is 3.08. The van der Waals surface area contributed by atoms with Crippen LogP contribution < -0.4 is 4.90 Å². The highest BCUT2D eigenvalue weighted by molar-refractivity contribution is 7.99. The molecule has 1 aliphatic carbocycles. The topological polar surface area (TPSA) is 51.0 Å². The highest BCUT2D eigenvalue weighted by atomic mass is 32.2. The Labute approximate surface area is 160 Å². The van der Waals surface area contributed by atoms with E-state index in [0.717, 1.165) is 47.4 Å². The van der Waals surface area contributed by atoms with Crippen molar-refractivity contribution >= 4 is 34.7 Å². The third-order valence-electron chi connectivity index (χ3n) is 4.83. The largest absolute Gasteiger partial charge is 0.311 e. The number of anilines is 1. The molecule has 26 heavy (non-hydrogen) atoms. The zero-order valence-electron chi connectivity index (χ0n) is 14.2. The molecule has 5 rings (SSSR count). The summed E-state index contributed by atoms with van der Waals surface area (Å²) in [5.41, 5.74) is 2.31. The molecule has 0 bridgehead atoms. The lowest BCUT2D eigenvalue weighted by Crippen LogP contribution is -2.30. The number of nitrogens with zero attached hydrogens (tertiary/aromatic N) is 4. The van der Waals surface area contributed by atoms with E-state index in [1.807, 2.05) is 29.2 Å². The van der Waals surface area contributed by atoms with Gasteiger partial charge in [-0.3, -0.25) is 9.36 Å². The number of amides is 1. The fourth-order valence-corrected chi connectivity index (χ4v) is 5.00. The lowest BCUT2D eigenvalue weighted by molar-refractivity contribution is -0.116. The number of rotatable bonds is 5. The van der Waals surface area contributed by atoms with E-state index in [1.54, 1.807) is 11.3 Å². The van der Waals surface area contributed by atoms with E-state index in [0.29, 0.717) is 11.8 Å². The van der Waals surface area contributed by atoms with Crippen molar-refractivity contribution in [2.75, 3.05) is 17.2 Å². The molecule has 0 N–H and O–H groups in total. The van der Waals surface area contributed by atoms with Crippen molar-refractivity contribution in [1.29, 1.82) is 0 Å². The van der Waals surface area contributed by atoms with Crippen molar-refractivity contribution in [2.45, 2.75) is 30.5 Å². The van der Waals surface area contributed by atoms with Crippen LogP contribution in [0, 0.1) is 0 Å². The van der Waals surface area contributed by atoms with Gasteiger partial charge in [-0.2, -0.15) is 0 Å². The number of aromatic nitrogens is 3. The predicted molar refractivity (Wildman–Crippen MR) is 105 cm³/mol. The van der Waals surface area contributed by atoms with Crippen molar-refractivity contribution in [3.8, 4) is 10.7 Å². The van der Waals surface area contributed by atoms with Crippen molar-refractivity contribution < 1.29 is 4.79 Å². The van der Waals surface area contributed by atoms with Crippen LogP contribution in [0.25, 0.3) is 10.7 Å². The predicted octanol–water partition coefficient (Wildman–Crippen LogP) is 4.02. The number of thioether (sulfide) groups is 1. The lowest BCUT2D eigenvalue weighted by atomic mass is 10.2. The Morgan fingerprint density at radius 1 is 1.19 bits per heavy atom. The minimum Gasteiger partial charge on any atom is -0.311 e. The maximum Gasteiger partial charge on any atom is 0.237 e. The number of para-hydroxylation sites is 1. The van der Waals surface area contributed by atoms with E-state index in [-0.39, 0.29) is 5.91 Å². The first-order chi connectivity index (χ1) is 12.8. The summed E-state index contributed by atoms with van der Waals surface area (Å²) in [6.07, 6.45) is 3.27. The summed E-state index contributed by atoms with van der Waals surface area (Å²) < 4.78 is 2.22. The number of benzene rings is 1. The maximum atomic E-state index is 12.8. The van der Waals surface area contributed by atoms with Gasteiger partial charge in [0, 0.05) is 18.3 Å². The number of carbonyl (C=O) groups is 1. The molecular weight excluding hydrogens is 364 g/mol. The van der Waals surface area contributed by atoms with E-state index in [2.05, 4.69) is 32.3 Å². The number of hydrogen-bond acceptors (Lipinski definition) is 5. The van der Waals surface area contributed by atoms with Gasteiger partial charge in [-0.15, -0.1) is 21.5 Å². The second-order valence-corrected chi connectivity index (χ2v) is 8.49. The Hall–Kier alpha value is -2.12. The molecule has 132 valence electrons. The summed E-state index contributed by atoms with van der Waals surface area (Å²) in [6, 6.07) is 12.8. The van der Waals surface area contributed by atoms with E-state index in [1.165, 1.54) is 17.3 Å². The zero-order chi connectivity index (χ0) is 17.5. The summed E-state index contributed by atoms with van der Waals surface area (Å²) >= 11 is 3.18. The monoisotopic (exact) mass is 382 g/mol. The minimum absolute atomic E-state index is 0.142. The lowest BCUT2D eigenvalue weighted by Gasteiger charge is -2.17. The number of fused-ring (bicyclic) bond motifs is 1. The van der Waals surface area contributed by atoms with Crippen LogP contribution in [0.4, 0.5) is 5.69 Å². The molecular formula is C19H18N4OS2. The second-order valence-electron chi connectivity index (χ2n) is 6.60. The average molecular weight is 383 g/mol. The van der Waals surface area contributed by atoms with Gasteiger partial charge in [0.05, 0.1) is 10.6 Å². The Bertz CT molecular complexity index is 946. The Morgan fingerprint density at radius 2 is 2.08 bits per heavy atom. The second kappa shape index (κ2) is 6.55. The van der Waals surface area contributed by atoms with Crippen LogP contribution in [-0.2, 0) is 11.2 Å². The third-order valence-corrected chi connectivity index (χ3v) is 6.62. The molecule has 0 spiro atoms. The SMILES string of the molecule is O=C(CSc1nnc(-c2cccs2)n1C1CC1)N1CCc2ccccc21. The molecule has 1 fully saturated rings. The molecule has 7 heteroatoms. The fourth-order valence-electron chi connectivity index (χ4n) is 3.41. The Balaban J connectivity index is 1.34. The molecule has 5 nitrogen and oxygen atoms in total. The molecule has 0 radical (unpaired) electrons. The zero-order valence-corrected chi connectivity index (χ0v) is 15.8. The number of thiophene rings is 1. The van der Waals surface area contributed by atoms with Gasteiger partial charge in [0.15, 0.2) is 11.0 Å². The summed E-state index contributed by atoms with van der Waals surface area (Å²) in [5.74, 6) is 1.47. The van der Waals surface area contributed by atoms with E-state index in [9.17, 15) is 4.79 Å². The Kier molecular flexibility index (Phi) is 4.05. The van der Waals surface area contributed by atoms with Gasteiger partial charge < -0.3 is 4.90 Å². The van der Waals surface area contributed by atoms with E-state index < -0.39 is 0 Å². The highest BCUT2D eigenvalue weighted by Crippen LogP contribution is 2.42. The molecule has 2 aliphatic rings. The third kappa shape index (κ3) is 2.85. The first-order valence-electron chi connectivity index (χ1n) is 8.81. The van der Waals surface area contributed by atoms with Crippen LogP contribution in [0.2, 0.25) is 0 Å².